The van der Waals surface area contributed by atoms with E-state index in [9.17, 15) is 0 Å². The van der Waals surface area contributed by atoms with Gasteiger partial charge < -0.3 is 19.9 Å². The Balaban J connectivity index is 1.89. The van der Waals surface area contributed by atoms with Crippen molar-refractivity contribution in [1.29, 1.82) is 0 Å². The van der Waals surface area contributed by atoms with Gasteiger partial charge in [-0.3, -0.25) is 0 Å². The van der Waals surface area contributed by atoms with E-state index in [0.717, 1.165) is 11.3 Å². The molecule has 0 fully saturated rings. The van der Waals surface area contributed by atoms with Gasteiger partial charge in [0.05, 0.1) is 0 Å². The van der Waals surface area contributed by atoms with Crippen LogP contribution >= 0.6 is 0 Å². The van der Waals surface area contributed by atoms with E-state index in [1.54, 1.807) is 12.3 Å². The number of pyridine rings is 1. The maximum atomic E-state index is 5.89. The molecule has 98 valence electrons. The smallest absolute Gasteiger partial charge is 0.231 e. The van der Waals surface area contributed by atoms with Gasteiger partial charge in [0.15, 0.2) is 11.5 Å². The van der Waals surface area contributed by atoms with Crippen molar-refractivity contribution in [2.24, 2.45) is 5.73 Å². The summed E-state index contributed by atoms with van der Waals surface area (Å²) in [5.41, 5.74) is 6.75. The normalized spacial score (nSPS) is 14.2. The minimum absolute atomic E-state index is 0.141. The molecular formula is C14H14N2O3. The molecule has 5 nitrogen and oxygen atoms in total. The van der Waals surface area contributed by atoms with Crippen molar-refractivity contribution in [1.82, 2.24) is 4.98 Å². The molecule has 0 bridgehead atoms. The predicted octanol–water partition coefficient (Wildman–Crippen LogP) is 2.62. The van der Waals surface area contributed by atoms with Crippen LogP contribution < -0.4 is 19.9 Å². The maximum absolute atomic E-state index is 5.89. The summed E-state index contributed by atoms with van der Waals surface area (Å²) in [7, 11) is 0. The van der Waals surface area contributed by atoms with E-state index >= 15 is 0 Å². The van der Waals surface area contributed by atoms with Gasteiger partial charge in [-0.25, -0.2) is 4.98 Å². The van der Waals surface area contributed by atoms with Crippen LogP contribution in [0.5, 0.6) is 23.1 Å². The highest BCUT2D eigenvalue weighted by molar-refractivity contribution is 5.48. The van der Waals surface area contributed by atoms with Crippen LogP contribution in [0.3, 0.4) is 0 Å². The highest BCUT2D eigenvalue weighted by atomic mass is 16.7. The fraction of sp³-hybridized carbons (Fsp3) is 0.214. The number of rotatable bonds is 3. The summed E-state index contributed by atoms with van der Waals surface area (Å²) < 4.78 is 16.3. The average molecular weight is 258 g/mol. The Bertz CT molecular complexity index is 599. The van der Waals surface area contributed by atoms with Gasteiger partial charge in [-0.2, -0.15) is 0 Å². The number of fused-ring (bicyclic) bond motifs is 1. The maximum Gasteiger partial charge on any atom is 0.231 e. The summed E-state index contributed by atoms with van der Waals surface area (Å²) in [6.45, 7) is 2.14. The van der Waals surface area contributed by atoms with Crippen molar-refractivity contribution in [3.63, 3.8) is 0 Å². The lowest BCUT2D eigenvalue weighted by molar-refractivity contribution is 0.174. The fourth-order valence-electron chi connectivity index (χ4n) is 1.89. The van der Waals surface area contributed by atoms with E-state index in [1.165, 1.54) is 0 Å². The van der Waals surface area contributed by atoms with Crippen LogP contribution in [0.15, 0.2) is 36.5 Å². The molecule has 0 unspecified atom stereocenters. The van der Waals surface area contributed by atoms with Gasteiger partial charge in [0.25, 0.3) is 0 Å². The van der Waals surface area contributed by atoms with Crippen LogP contribution in [-0.2, 0) is 0 Å². The van der Waals surface area contributed by atoms with Crippen molar-refractivity contribution >= 4 is 0 Å². The molecule has 0 radical (unpaired) electrons. The van der Waals surface area contributed by atoms with Crippen LogP contribution in [0.2, 0.25) is 0 Å². The van der Waals surface area contributed by atoms with Crippen molar-refractivity contribution in [3.05, 3.63) is 42.1 Å². The highest BCUT2D eigenvalue weighted by Crippen LogP contribution is 2.37. The molecule has 1 aromatic heterocycles. The minimum Gasteiger partial charge on any atom is -0.454 e. The number of nitrogens with two attached hydrogens (primary N) is 1. The third-order valence-electron chi connectivity index (χ3n) is 2.85. The van der Waals surface area contributed by atoms with Crippen molar-refractivity contribution in [2.75, 3.05) is 6.79 Å². The quantitative estimate of drug-likeness (QED) is 0.916. The Morgan fingerprint density at radius 3 is 2.95 bits per heavy atom. The second-order valence-electron chi connectivity index (χ2n) is 4.30. The molecule has 0 amide bonds. The molecule has 0 saturated heterocycles. The topological polar surface area (TPSA) is 66.6 Å². The zero-order chi connectivity index (χ0) is 13.2. The third kappa shape index (κ3) is 2.32. The first kappa shape index (κ1) is 11.8. The fourth-order valence-corrected chi connectivity index (χ4v) is 1.89. The molecule has 0 saturated carbocycles. The Morgan fingerprint density at radius 1 is 1.26 bits per heavy atom. The first-order valence-corrected chi connectivity index (χ1v) is 6.02. The van der Waals surface area contributed by atoms with Gasteiger partial charge in [-0.1, -0.05) is 6.07 Å². The Morgan fingerprint density at radius 2 is 2.11 bits per heavy atom. The Labute approximate surface area is 110 Å². The lowest BCUT2D eigenvalue weighted by atomic mass is 10.1. The van der Waals surface area contributed by atoms with E-state index in [1.807, 2.05) is 31.2 Å². The molecule has 1 aromatic carbocycles. The first-order valence-electron chi connectivity index (χ1n) is 6.02. The van der Waals surface area contributed by atoms with Crippen molar-refractivity contribution in [3.8, 4) is 23.1 Å². The van der Waals surface area contributed by atoms with Gasteiger partial charge >= 0.3 is 0 Å². The molecule has 3 rings (SSSR count). The summed E-state index contributed by atoms with van der Waals surface area (Å²) in [6.07, 6.45) is 1.67. The van der Waals surface area contributed by atoms with E-state index < -0.39 is 0 Å². The van der Waals surface area contributed by atoms with Crippen LogP contribution in [0.25, 0.3) is 0 Å². The van der Waals surface area contributed by atoms with Crippen LogP contribution in [0, 0.1) is 0 Å². The lowest BCUT2D eigenvalue weighted by Crippen LogP contribution is -2.07. The average Bonchev–Trinajstić information content (AvgIpc) is 2.86. The number of ether oxygens (including phenoxy) is 3. The standard InChI is InChI=1S/C14H14N2O3/c1-9(15)11-3-2-6-16-14(11)19-10-4-5-12-13(7-10)18-8-17-12/h2-7,9H,8,15H2,1H3/t9-/m0/s1. The molecule has 2 aromatic rings. The van der Waals surface area contributed by atoms with Gasteiger partial charge in [-0.05, 0) is 25.1 Å². The Hall–Kier alpha value is -2.27. The van der Waals surface area contributed by atoms with Crippen LogP contribution in [-0.4, -0.2) is 11.8 Å². The van der Waals surface area contributed by atoms with E-state index in [0.29, 0.717) is 17.4 Å². The number of nitrogens with zero attached hydrogens (tertiary/aromatic N) is 1. The Kier molecular flexibility index (Phi) is 2.97. The SMILES string of the molecule is C[C@H](N)c1cccnc1Oc1ccc2c(c1)OCO2. The highest BCUT2D eigenvalue weighted by Gasteiger charge is 2.15. The molecule has 1 aliphatic heterocycles. The van der Waals surface area contributed by atoms with Crippen molar-refractivity contribution in [2.45, 2.75) is 13.0 Å². The molecule has 19 heavy (non-hydrogen) atoms. The minimum atomic E-state index is -0.141. The third-order valence-corrected chi connectivity index (χ3v) is 2.85. The summed E-state index contributed by atoms with van der Waals surface area (Å²) in [4.78, 5) is 4.21. The number of hydrogen-bond acceptors (Lipinski definition) is 5. The molecule has 2 N–H and O–H groups in total. The number of aromatic nitrogens is 1. The van der Waals surface area contributed by atoms with Crippen LogP contribution in [0.4, 0.5) is 0 Å². The van der Waals surface area contributed by atoms with Crippen LogP contribution in [0.1, 0.15) is 18.5 Å². The predicted molar refractivity (Wildman–Crippen MR) is 69.5 cm³/mol. The van der Waals surface area contributed by atoms with Gasteiger partial charge in [0.2, 0.25) is 12.7 Å². The summed E-state index contributed by atoms with van der Waals surface area (Å²) >= 11 is 0. The largest absolute Gasteiger partial charge is 0.454 e. The van der Waals surface area contributed by atoms with E-state index in [4.69, 9.17) is 19.9 Å². The van der Waals surface area contributed by atoms with Gasteiger partial charge in [0.1, 0.15) is 5.75 Å². The van der Waals surface area contributed by atoms with E-state index in [-0.39, 0.29) is 12.8 Å². The summed E-state index contributed by atoms with van der Waals surface area (Å²) in [6, 6.07) is 9.00. The molecule has 5 heteroatoms. The second-order valence-corrected chi connectivity index (χ2v) is 4.30. The number of hydrogen-bond donors (Lipinski definition) is 1. The summed E-state index contributed by atoms with van der Waals surface area (Å²) in [5.74, 6) is 2.55. The van der Waals surface area contributed by atoms with E-state index in [2.05, 4.69) is 4.98 Å². The summed E-state index contributed by atoms with van der Waals surface area (Å²) in [5, 5.41) is 0. The molecular weight excluding hydrogens is 244 g/mol. The van der Waals surface area contributed by atoms with Crippen molar-refractivity contribution < 1.29 is 14.2 Å². The molecule has 2 heterocycles. The second kappa shape index (κ2) is 4.78. The molecule has 0 aliphatic carbocycles. The molecule has 0 spiro atoms. The van der Waals surface area contributed by atoms with Gasteiger partial charge in [0, 0.05) is 23.9 Å². The lowest BCUT2D eigenvalue weighted by Gasteiger charge is -2.12. The number of benzene rings is 1. The van der Waals surface area contributed by atoms with Gasteiger partial charge in [-0.15, -0.1) is 0 Å². The zero-order valence-corrected chi connectivity index (χ0v) is 10.5. The molecule has 1 aliphatic rings. The molecule has 1 atom stereocenters. The zero-order valence-electron chi connectivity index (χ0n) is 10.5. The first-order chi connectivity index (χ1) is 9.24. The monoisotopic (exact) mass is 258 g/mol.